The molecule has 1 aromatic carbocycles. The second kappa shape index (κ2) is 9.13. The van der Waals surface area contributed by atoms with Gasteiger partial charge in [0.05, 0.1) is 18.8 Å². The van der Waals surface area contributed by atoms with E-state index in [0.29, 0.717) is 5.56 Å². The largest absolute Gasteiger partial charge is 0.461 e. The van der Waals surface area contributed by atoms with E-state index in [0.717, 1.165) is 23.6 Å². The molecule has 1 aromatic heterocycles. The third-order valence-corrected chi connectivity index (χ3v) is 5.07. The van der Waals surface area contributed by atoms with Gasteiger partial charge >= 0.3 is 18.1 Å². The summed E-state index contributed by atoms with van der Waals surface area (Å²) < 4.78 is 50.9. The fourth-order valence-electron chi connectivity index (χ4n) is 3.44. The van der Waals surface area contributed by atoms with E-state index in [-0.39, 0.29) is 41.6 Å². The number of Topliss-reactive ketones (excluding diaryl/α,β-unsaturated/α-hetero) is 1. The highest BCUT2D eigenvalue weighted by Gasteiger charge is 2.39. The molecular weight excluding hydrogens is 429 g/mol. The molecule has 2 aromatic rings. The van der Waals surface area contributed by atoms with Crippen LogP contribution in [-0.2, 0) is 22.2 Å². The topological polar surface area (TPSA) is 87.5 Å². The molecule has 0 saturated heterocycles. The summed E-state index contributed by atoms with van der Waals surface area (Å²) in [4.78, 5) is 37.9. The van der Waals surface area contributed by atoms with E-state index in [1.54, 1.807) is 13.8 Å². The second-order valence-corrected chi connectivity index (χ2v) is 7.43. The molecule has 10 heteroatoms. The number of ether oxygens (including phenoxy) is 2. The zero-order chi connectivity index (χ0) is 23.6. The molecule has 0 amide bonds. The van der Waals surface area contributed by atoms with E-state index in [1.807, 2.05) is 0 Å². The van der Waals surface area contributed by atoms with E-state index < -0.39 is 36.0 Å². The minimum Gasteiger partial charge on any atom is -0.461 e. The summed E-state index contributed by atoms with van der Waals surface area (Å²) in [7, 11) is 0. The van der Waals surface area contributed by atoms with Crippen LogP contribution in [0.2, 0.25) is 0 Å². The number of hydrogen-bond donors (Lipinski definition) is 0. The van der Waals surface area contributed by atoms with Crippen LogP contribution in [0.3, 0.4) is 0 Å². The lowest BCUT2D eigenvalue weighted by molar-refractivity contribution is -0.138. The lowest BCUT2D eigenvalue weighted by Crippen LogP contribution is -2.20. The summed E-state index contributed by atoms with van der Waals surface area (Å²) in [6, 6.07) is 3.28. The predicted octanol–water partition coefficient (Wildman–Crippen LogP) is 4.32. The maximum Gasteiger partial charge on any atom is 0.416 e. The summed E-state index contributed by atoms with van der Waals surface area (Å²) in [5.41, 5.74) is -0.881. The number of carbonyl (C=O) groups excluding carboxylic acids is 3. The molecule has 1 saturated carbocycles. The monoisotopic (exact) mass is 452 g/mol. The molecule has 32 heavy (non-hydrogen) atoms. The minimum atomic E-state index is -4.61. The predicted molar refractivity (Wildman–Crippen MR) is 107 cm³/mol. The van der Waals surface area contributed by atoms with E-state index in [2.05, 4.69) is 5.10 Å². The van der Waals surface area contributed by atoms with Gasteiger partial charge in [-0.25, -0.2) is 14.3 Å². The van der Waals surface area contributed by atoms with Crippen LogP contribution < -0.4 is 0 Å². The average molecular weight is 452 g/mol. The van der Waals surface area contributed by atoms with Gasteiger partial charge in [-0.3, -0.25) is 4.79 Å². The number of carbonyl (C=O) groups is 3. The summed E-state index contributed by atoms with van der Waals surface area (Å²) in [5, 5.41) is 4.15. The van der Waals surface area contributed by atoms with Crippen molar-refractivity contribution in [1.82, 2.24) is 9.78 Å². The second-order valence-electron chi connectivity index (χ2n) is 7.43. The van der Waals surface area contributed by atoms with Crippen molar-refractivity contribution in [3.8, 4) is 0 Å². The van der Waals surface area contributed by atoms with Gasteiger partial charge < -0.3 is 9.47 Å². The van der Waals surface area contributed by atoms with Crippen molar-refractivity contribution < 1.29 is 37.0 Å². The van der Waals surface area contributed by atoms with Gasteiger partial charge in [0.1, 0.15) is 6.54 Å². The quantitative estimate of drug-likeness (QED) is 0.438. The Labute approximate surface area is 182 Å². The molecule has 0 bridgehead atoms. The van der Waals surface area contributed by atoms with Crippen LogP contribution in [0.15, 0.2) is 18.2 Å². The van der Waals surface area contributed by atoms with Gasteiger partial charge in [0.25, 0.3) is 0 Å². The molecule has 0 radical (unpaired) electrons. The number of esters is 2. The van der Waals surface area contributed by atoms with Crippen LogP contribution in [0, 0.1) is 6.92 Å². The number of nitrogens with zero attached hydrogens (tertiary/aromatic N) is 2. The molecule has 0 aliphatic heterocycles. The van der Waals surface area contributed by atoms with Crippen LogP contribution >= 0.6 is 0 Å². The summed E-state index contributed by atoms with van der Waals surface area (Å²) in [6.07, 6.45) is -3.16. The van der Waals surface area contributed by atoms with Crippen LogP contribution in [0.1, 0.15) is 80.6 Å². The van der Waals surface area contributed by atoms with Gasteiger partial charge in [0.15, 0.2) is 17.2 Å². The maximum atomic E-state index is 13.2. The van der Waals surface area contributed by atoms with Crippen molar-refractivity contribution in [3.63, 3.8) is 0 Å². The Hall–Kier alpha value is -3.17. The van der Waals surface area contributed by atoms with Gasteiger partial charge in [-0.2, -0.15) is 18.3 Å². The Morgan fingerprint density at radius 3 is 2.28 bits per heavy atom. The Bertz CT molecular complexity index is 1050. The van der Waals surface area contributed by atoms with E-state index in [9.17, 15) is 27.6 Å². The molecule has 3 rings (SSSR count). The molecular formula is C22H23F3N2O5. The number of benzene rings is 1. The molecule has 1 aliphatic carbocycles. The first-order valence-electron chi connectivity index (χ1n) is 10.2. The van der Waals surface area contributed by atoms with Gasteiger partial charge in [-0.05, 0) is 51.2 Å². The first-order chi connectivity index (χ1) is 15.1. The fraction of sp³-hybridized carbons (Fsp3) is 0.455. The SMILES string of the molecule is CCOC(=O)c1nn(CC(=O)c2ccc(C)c(C(F)(F)F)c2)c(C(=O)OCC)c1C1CC1. The molecule has 0 atom stereocenters. The van der Waals surface area contributed by atoms with Crippen molar-refractivity contribution in [2.75, 3.05) is 13.2 Å². The zero-order valence-corrected chi connectivity index (χ0v) is 17.9. The summed E-state index contributed by atoms with van der Waals surface area (Å²) >= 11 is 0. The van der Waals surface area contributed by atoms with Crippen LogP contribution in [-0.4, -0.2) is 40.7 Å². The van der Waals surface area contributed by atoms with Crippen molar-refractivity contribution in [2.24, 2.45) is 0 Å². The Morgan fingerprint density at radius 1 is 1.09 bits per heavy atom. The van der Waals surface area contributed by atoms with Gasteiger partial charge in [0.2, 0.25) is 0 Å². The van der Waals surface area contributed by atoms with Crippen LogP contribution in [0.4, 0.5) is 13.2 Å². The molecule has 0 unspecified atom stereocenters. The molecule has 0 spiro atoms. The first kappa shape index (κ1) is 23.5. The number of alkyl halides is 3. The lowest BCUT2D eigenvalue weighted by atomic mass is 10.0. The smallest absolute Gasteiger partial charge is 0.416 e. The van der Waals surface area contributed by atoms with Crippen molar-refractivity contribution >= 4 is 17.7 Å². The highest BCUT2D eigenvalue weighted by Crippen LogP contribution is 2.44. The van der Waals surface area contributed by atoms with Crippen LogP contribution in [0.25, 0.3) is 0 Å². The third kappa shape index (κ3) is 4.84. The maximum absolute atomic E-state index is 13.2. The fourth-order valence-corrected chi connectivity index (χ4v) is 3.44. The molecule has 1 heterocycles. The van der Waals surface area contributed by atoms with Crippen molar-refractivity contribution in [2.45, 2.75) is 52.3 Å². The highest BCUT2D eigenvalue weighted by atomic mass is 19.4. The molecule has 1 aliphatic rings. The van der Waals surface area contributed by atoms with Crippen molar-refractivity contribution in [3.05, 3.63) is 51.8 Å². The molecule has 7 nitrogen and oxygen atoms in total. The number of rotatable bonds is 8. The van der Waals surface area contributed by atoms with E-state index in [1.165, 1.54) is 19.1 Å². The van der Waals surface area contributed by atoms with Gasteiger partial charge in [0, 0.05) is 11.1 Å². The number of hydrogen-bond acceptors (Lipinski definition) is 6. The minimum absolute atomic E-state index is 0.0130. The third-order valence-electron chi connectivity index (χ3n) is 5.07. The van der Waals surface area contributed by atoms with Gasteiger partial charge in [-0.1, -0.05) is 12.1 Å². The molecule has 0 N–H and O–H groups in total. The summed E-state index contributed by atoms with van der Waals surface area (Å²) in [5.74, 6) is -2.29. The number of ketones is 1. The standard InChI is InChI=1S/C22H23F3N2O5/c1-4-31-20(29)18-17(13-8-9-13)19(21(30)32-5-2)27(26-18)11-16(28)14-7-6-12(3)15(10-14)22(23,24)25/h6-7,10,13H,4-5,8-9,11H2,1-3H3. The Morgan fingerprint density at radius 2 is 1.72 bits per heavy atom. The highest BCUT2D eigenvalue weighted by molar-refractivity contribution is 5.99. The zero-order valence-electron chi connectivity index (χ0n) is 17.9. The first-order valence-corrected chi connectivity index (χ1v) is 10.2. The van der Waals surface area contributed by atoms with E-state index in [4.69, 9.17) is 9.47 Å². The average Bonchev–Trinajstić information content (AvgIpc) is 3.48. The molecule has 1 fully saturated rings. The van der Waals surface area contributed by atoms with E-state index >= 15 is 0 Å². The number of aryl methyl sites for hydroxylation is 1. The Kier molecular flexibility index (Phi) is 6.71. The Balaban J connectivity index is 2.03. The number of halogens is 3. The van der Waals surface area contributed by atoms with Crippen LogP contribution in [0.5, 0.6) is 0 Å². The molecule has 172 valence electrons. The normalized spacial score (nSPS) is 13.7. The lowest BCUT2D eigenvalue weighted by Gasteiger charge is -2.12. The van der Waals surface area contributed by atoms with Crippen molar-refractivity contribution in [1.29, 1.82) is 0 Å². The van der Waals surface area contributed by atoms with Gasteiger partial charge in [-0.15, -0.1) is 0 Å². The number of aromatic nitrogens is 2. The summed E-state index contributed by atoms with van der Waals surface area (Å²) in [6.45, 7) is 4.15.